The zero-order chi connectivity index (χ0) is 22.2. The van der Waals surface area contributed by atoms with Crippen molar-refractivity contribution < 1.29 is 0 Å². The third-order valence-corrected chi connectivity index (χ3v) is 5.38. The van der Waals surface area contributed by atoms with Crippen LogP contribution in [0, 0.1) is 0 Å². The molecular weight excluding hydrogens is 388 g/mol. The summed E-state index contributed by atoms with van der Waals surface area (Å²) in [5.74, 6) is 0. The predicted octanol–water partition coefficient (Wildman–Crippen LogP) is 8.45. The van der Waals surface area contributed by atoms with E-state index in [0.717, 1.165) is 41.3 Å². The maximum atomic E-state index is 4.02. The Hall–Kier alpha value is -4.04. The molecule has 3 aromatic carbocycles. The van der Waals surface area contributed by atoms with Crippen molar-refractivity contribution in [2.24, 2.45) is 0 Å². The van der Waals surface area contributed by atoms with Crippen molar-refractivity contribution in [3.63, 3.8) is 0 Å². The van der Waals surface area contributed by atoms with E-state index in [2.05, 4.69) is 108 Å². The zero-order valence-electron chi connectivity index (χ0n) is 18.3. The van der Waals surface area contributed by atoms with Crippen molar-refractivity contribution in [2.75, 3.05) is 9.80 Å². The fourth-order valence-corrected chi connectivity index (χ4v) is 3.92. The number of rotatable bonds is 8. The molecule has 0 fully saturated rings. The molecule has 0 spiro atoms. The highest BCUT2D eigenvalue weighted by Crippen LogP contribution is 2.36. The highest BCUT2D eigenvalue weighted by molar-refractivity contribution is 5.75. The van der Waals surface area contributed by atoms with Crippen LogP contribution >= 0.6 is 0 Å². The summed E-state index contributed by atoms with van der Waals surface area (Å²) >= 11 is 0. The van der Waals surface area contributed by atoms with Crippen molar-refractivity contribution in [3.05, 3.63) is 146 Å². The molecule has 1 aliphatic rings. The Morgan fingerprint density at radius 1 is 0.688 bits per heavy atom. The molecule has 0 saturated carbocycles. The van der Waals surface area contributed by atoms with E-state index in [0.29, 0.717) is 0 Å². The van der Waals surface area contributed by atoms with E-state index >= 15 is 0 Å². The molecule has 0 radical (unpaired) electrons. The average Bonchev–Trinajstić information content (AvgIpc) is 2.87. The minimum atomic E-state index is 0.969. The number of allylic oxidation sites excluding steroid dienone is 6. The van der Waals surface area contributed by atoms with Crippen molar-refractivity contribution >= 4 is 22.7 Å². The zero-order valence-corrected chi connectivity index (χ0v) is 18.3. The number of para-hydroxylation sites is 2. The topological polar surface area (TPSA) is 6.48 Å². The van der Waals surface area contributed by atoms with Gasteiger partial charge in [0.15, 0.2) is 0 Å². The molecule has 2 nitrogen and oxygen atoms in total. The summed E-state index contributed by atoms with van der Waals surface area (Å²) in [6, 6.07) is 29.5. The summed E-state index contributed by atoms with van der Waals surface area (Å²) in [6.07, 6.45) is 14.5. The monoisotopic (exact) mass is 416 g/mol. The average molecular weight is 417 g/mol. The fraction of sp³-hybridized carbons (Fsp3) is 0.0667. The lowest BCUT2D eigenvalue weighted by atomic mass is 10.1. The van der Waals surface area contributed by atoms with Gasteiger partial charge in [0.1, 0.15) is 0 Å². The Morgan fingerprint density at radius 3 is 1.81 bits per heavy atom. The van der Waals surface area contributed by atoms with Crippen LogP contribution in [0.25, 0.3) is 0 Å². The summed E-state index contributed by atoms with van der Waals surface area (Å²) in [4.78, 5) is 4.49. The number of nitrogens with zero attached hydrogens (tertiary/aromatic N) is 2. The third-order valence-electron chi connectivity index (χ3n) is 5.38. The van der Waals surface area contributed by atoms with E-state index in [1.807, 2.05) is 30.4 Å². The minimum Gasteiger partial charge on any atom is -0.311 e. The number of hydrogen-bond acceptors (Lipinski definition) is 2. The van der Waals surface area contributed by atoms with Crippen LogP contribution in [-0.4, -0.2) is 0 Å². The standard InChI is InChI=1S/C30H28N2/c1-3-14-25(4-2)31(26-15-8-5-9-16-26)29-21-23-30(24-22-29)32(27-17-10-6-11-18-27)28-19-12-7-13-20-28/h3-6,8-12,14-24H,1-2,7,13H2/b25-14+. The van der Waals surface area contributed by atoms with Crippen LogP contribution in [-0.2, 0) is 0 Å². The van der Waals surface area contributed by atoms with E-state index < -0.39 is 0 Å². The predicted molar refractivity (Wildman–Crippen MR) is 139 cm³/mol. The summed E-state index contributed by atoms with van der Waals surface area (Å²) < 4.78 is 0. The van der Waals surface area contributed by atoms with Gasteiger partial charge in [-0.25, -0.2) is 0 Å². The Kier molecular flexibility index (Phi) is 6.84. The molecule has 0 amide bonds. The Bertz CT molecular complexity index is 1140. The second kappa shape index (κ2) is 10.3. The molecule has 0 atom stereocenters. The highest BCUT2D eigenvalue weighted by atomic mass is 15.2. The smallest absolute Gasteiger partial charge is 0.0463 e. The van der Waals surface area contributed by atoms with Gasteiger partial charge in [-0.1, -0.05) is 67.8 Å². The first-order chi connectivity index (χ1) is 15.8. The van der Waals surface area contributed by atoms with E-state index in [9.17, 15) is 0 Å². The number of anilines is 4. The molecule has 1 aliphatic carbocycles. The fourth-order valence-electron chi connectivity index (χ4n) is 3.92. The number of hydrogen-bond donors (Lipinski definition) is 0. The molecule has 4 rings (SSSR count). The maximum Gasteiger partial charge on any atom is 0.0463 e. The van der Waals surface area contributed by atoms with Crippen LogP contribution in [0.5, 0.6) is 0 Å². The van der Waals surface area contributed by atoms with E-state index in [1.54, 1.807) is 6.08 Å². The van der Waals surface area contributed by atoms with E-state index in [1.165, 1.54) is 5.70 Å². The van der Waals surface area contributed by atoms with Crippen molar-refractivity contribution in [3.8, 4) is 0 Å². The van der Waals surface area contributed by atoms with Crippen molar-refractivity contribution in [1.82, 2.24) is 0 Å². The van der Waals surface area contributed by atoms with Gasteiger partial charge in [0.05, 0.1) is 0 Å². The molecule has 0 unspecified atom stereocenters. The van der Waals surface area contributed by atoms with Gasteiger partial charge in [0.2, 0.25) is 0 Å². The largest absolute Gasteiger partial charge is 0.311 e. The normalized spacial score (nSPS) is 13.2. The summed E-state index contributed by atoms with van der Waals surface area (Å²) in [7, 11) is 0. The quantitative estimate of drug-likeness (QED) is 0.340. The van der Waals surface area contributed by atoms with Crippen LogP contribution in [0.1, 0.15) is 12.8 Å². The Labute approximate surface area is 191 Å². The molecular formula is C30H28N2. The van der Waals surface area contributed by atoms with Gasteiger partial charge in [-0.3, -0.25) is 0 Å². The van der Waals surface area contributed by atoms with Crippen LogP contribution < -0.4 is 9.80 Å². The third kappa shape index (κ3) is 4.65. The van der Waals surface area contributed by atoms with Gasteiger partial charge in [-0.05, 0) is 79.6 Å². The van der Waals surface area contributed by atoms with Crippen LogP contribution in [0.3, 0.4) is 0 Å². The first kappa shape index (κ1) is 21.2. The summed E-state index contributed by atoms with van der Waals surface area (Å²) in [5, 5.41) is 0. The Morgan fingerprint density at radius 2 is 1.25 bits per heavy atom. The first-order valence-corrected chi connectivity index (χ1v) is 10.9. The molecule has 2 heteroatoms. The lowest BCUT2D eigenvalue weighted by molar-refractivity contribution is 0.997. The molecule has 0 saturated heterocycles. The van der Waals surface area contributed by atoms with Gasteiger partial charge in [-0.15, -0.1) is 0 Å². The van der Waals surface area contributed by atoms with E-state index in [4.69, 9.17) is 0 Å². The molecule has 0 N–H and O–H groups in total. The van der Waals surface area contributed by atoms with Gasteiger partial charge in [-0.2, -0.15) is 0 Å². The van der Waals surface area contributed by atoms with Gasteiger partial charge < -0.3 is 9.80 Å². The van der Waals surface area contributed by atoms with Crippen molar-refractivity contribution in [2.45, 2.75) is 12.8 Å². The molecule has 3 aromatic rings. The van der Waals surface area contributed by atoms with Crippen LogP contribution in [0.15, 0.2) is 146 Å². The van der Waals surface area contributed by atoms with Gasteiger partial charge in [0.25, 0.3) is 0 Å². The first-order valence-electron chi connectivity index (χ1n) is 10.9. The lowest BCUT2D eigenvalue weighted by Gasteiger charge is -2.29. The molecule has 0 bridgehead atoms. The van der Waals surface area contributed by atoms with Crippen LogP contribution in [0.2, 0.25) is 0 Å². The SMILES string of the molecule is C=C/C=C(\C=C)N(c1ccccc1)c1ccc(N(C2=CCCC=C2)c2ccccc2)cc1. The second-order valence-electron chi connectivity index (χ2n) is 7.50. The second-order valence-corrected chi connectivity index (χ2v) is 7.50. The highest BCUT2D eigenvalue weighted by Gasteiger charge is 2.16. The van der Waals surface area contributed by atoms with Crippen LogP contribution in [0.4, 0.5) is 22.7 Å². The number of benzene rings is 3. The minimum absolute atomic E-state index is 0.969. The molecule has 0 heterocycles. The van der Waals surface area contributed by atoms with E-state index in [-0.39, 0.29) is 0 Å². The maximum absolute atomic E-state index is 4.02. The molecule has 0 aromatic heterocycles. The molecule has 158 valence electrons. The van der Waals surface area contributed by atoms with Crippen molar-refractivity contribution in [1.29, 1.82) is 0 Å². The van der Waals surface area contributed by atoms with Gasteiger partial charge in [0, 0.05) is 34.1 Å². The molecule has 32 heavy (non-hydrogen) atoms. The summed E-state index contributed by atoms with van der Waals surface area (Å²) in [5.41, 5.74) is 6.58. The lowest BCUT2D eigenvalue weighted by Crippen LogP contribution is -2.17. The Balaban J connectivity index is 1.76. The summed E-state index contributed by atoms with van der Waals surface area (Å²) in [6.45, 7) is 7.89. The van der Waals surface area contributed by atoms with Gasteiger partial charge >= 0.3 is 0 Å². The molecule has 0 aliphatic heterocycles.